The van der Waals surface area contributed by atoms with Gasteiger partial charge in [-0.2, -0.15) is 0 Å². The first-order valence-electron chi connectivity index (χ1n) is 5.71. The molecular formula is C10H17IN2O3. The molecule has 2 heterocycles. The molecule has 2 aliphatic heterocycles. The molecule has 3 fully saturated rings. The van der Waals surface area contributed by atoms with Crippen molar-refractivity contribution < 1.29 is 14.3 Å². The summed E-state index contributed by atoms with van der Waals surface area (Å²) in [6.45, 7) is 0. The molecule has 2 N–H and O–H groups in total. The number of ether oxygens (including phenoxy) is 2. The van der Waals surface area contributed by atoms with Crippen LogP contribution in [-0.4, -0.2) is 23.0 Å². The SMILES string of the molecule is COC(OC(=O)CC12NI1N2)C1CCCC1. The first kappa shape index (κ1) is 11.2. The Kier molecular flexibility index (Phi) is 2.85. The number of halogens is 1. The Hall–Kier alpha value is 0.0800. The molecule has 0 radical (unpaired) electrons. The number of fused-ring (bicyclic) bond motifs is 1. The van der Waals surface area contributed by atoms with Crippen molar-refractivity contribution in [3.63, 3.8) is 0 Å². The molecule has 0 amide bonds. The van der Waals surface area contributed by atoms with Crippen molar-refractivity contribution in [2.24, 2.45) is 5.92 Å². The molecule has 0 aromatic rings. The number of rotatable bonds is 5. The monoisotopic (exact) mass is 340 g/mol. The molecule has 6 heteroatoms. The van der Waals surface area contributed by atoms with Crippen molar-refractivity contribution >= 4 is 26.3 Å². The molecule has 92 valence electrons. The Morgan fingerprint density at radius 3 is 2.62 bits per heavy atom. The Bertz CT molecular complexity index is 300. The summed E-state index contributed by atoms with van der Waals surface area (Å²) in [5.74, 6) is 0.274. The third kappa shape index (κ3) is 2.07. The van der Waals surface area contributed by atoms with Crippen LogP contribution in [0.1, 0.15) is 32.1 Å². The Labute approximate surface area is 103 Å². The summed E-state index contributed by atoms with van der Waals surface area (Å²) in [6.07, 6.45) is 4.84. The summed E-state index contributed by atoms with van der Waals surface area (Å²) < 4.78 is 17.4. The van der Waals surface area contributed by atoms with Crippen LogP contribution < -0.4 is 7.06 Å². The van der Waals surface area contributed by atoms with E-state index in [2.05, 4.69) is 7.06 Å². The molecule has 1 aliphatic carbocycles. The predicted molar refractivity (Wildman–Crippen MR) is 66.5 cm³/mol. The summed E-state index contributed by atoms with van der Waals surface area (Å²) in [7, 11) is 1.62. The second kappa shape index (κ2) is 4.08. The molecule has 16 heavy (non-hydrogen) atoms. The van der Waals surface area contributed by atoms with Crippen molar-refractivity contribution in [1.82, 2.24) is 7.06 Å². The summed E-state index contributed by atoms with van der Waals surface area (Å²) in [5, 5.41) is 0. The van der Waals surface area contributed by atoms with Gasteiger partial charge in [-0.25, -0.2) is 0 Å². The van der Waals surface area contributed by atoms with Crippen LogP contribution in [-0.2, 0) is 14.3 Å². The molecule has 0 aromatic heterocycles. The van der Waals surface area contributed by atoms with Crippen LogP contribution in [0.3, 0.4) is 0 Å². The second-order valence-electron chi connectivity index (χ2n) is 4.59. The molecule has 5 nitrogen and oxygen atoms in total. The molecule has 0 aromatic carbocycles. The fourth-order valence-corrected chi connectivity index (χ4v) is 6.28. The van der Waals surface area contributed by atoms with Crippen molar-refractivity contribution in [3.05, 3.63) is 0 Å². The van der Waals surface area contributed by atoms with Crippen LogP contribution in [0.25, 0.3) is 0 Å². The number of carbonyl (C=O) groups is 1. The quantitative estimate of drug-likeness (QED) is 0.150. The van der Waals surface area contributed by atoms with Gasteiger partial charge in [-0.1, -0.05) is 0 Å². The van der Waals surface area contributed by atoms with Crippen molar-refractivity contribution in [2.45, 2.75) is 42.1 Å². The van der Waals surface area contributed by atoms with E-state index in [1.165, 1.54) is 12.8 Å². The summed E-state index contributed by atoms with van der Waals surface area (Å²) >= 11 is -0.989. The maximum atomic E-state index is 11.7. The van der Waals surface area contributed by atoms with Gasteiger partial charge >= 0.3 is 103 Å². The normalized spacial score (nSPS) is 29.7. The first-order chi connectivity index (χ1) is 7.73. The van der Waals surface area contributed by atoms with Gasteiger partial charge in [0.25, 0.3) is 0 Å². The summed E-state index contributed by atoms with van der Waals surface area (Å²) in [5.41, 5.74) is 0. The van der Waals surface area contributed by atoms with Gasteiger partial charge < -0.3 is 0 Å². The van der Waals surface area contributed by atoms with E-state index >= 15 is 0 Å². The number of hydrogen-bond acceptors (Lipinski definition) is 5. The van der Waals surface area contributed by atoms with E-state index in [0.717, 1.165) is 12.8 Å². The van der Waals surface area contributed by atoms with Crippen molar-refractivity contribution in [3.8, 4) is 0 Å². The zero-order chi connectivity index (χ0) is 11.2. The fraction of sp³-hybridized carbons (Fsp3) is 0.900. The predicted octanol–water partition coefficient (Wildman–Crippen LogP) is 1.28. The Morgan fingerprint density at radius 1 is 1.50 bits per heavy atom. The standard InChI is InChI=1S/C10H17IN2O3/c1-15-9(7-4-2-3-5-7)16-8(14)6-10-11(12-10)13-10/h7,9,12-13H,2-6H2,1H3. The van der Waals surface area contributed by atoms with Crippen LogP contribution in [0, 0.1) is 5.92 Å². The average molecular weight is 340 g/mol. The van der Waals surface area contributed by atoms with Crippen LogP contribution in [0.15, 0.2) is 0 Å². The van der Waals surface area contributed by atoms with Crippen LogP contribution >= 0.6 is 20.4 Å². The van der Waals surface area contributed by atoms with Crippen molar-refractivity contribution in [2.75, 3.05) is 7.11 Å². The minimum atomic E-state index is -0.989. The third-order valence-electron chi connectivity index (χ3n) is 3.39. The molecule has 2 saturated heterocycles. The van der Waals surface area contributed by atoms with Gasteiger partial charge in [0.1, 0.15) is 0 Å². The van der Waals surface area contributed by atoms with Gasteiger partial charge in [0, 0.05) is 0 Å². The van der Waals surface area contributed by atoms with Crippen LogP contribution in [0.4, 0.5) is 0 Å². The Balaban J connectivity index is 1.48. The van der Waals surface area contributed by atoms with E-state index in [4.69, 9.17) is 9.47 Å². The van der Waals surface area contributed by atoms with Gasteiger partial charge in [-0.05, 0) is 0 Å². The van der Waals surface area contributed by atoms with E-state index in [0.29, 0.717) is 12.3 Å². The number of carbonyl (C=O) groups excluding carboxylic acids is 1. The molecule has 3 rings (SSSR count). The topological polar surface area (TPSA) is 79.4 Å². The molecule has 0 bridgehead atoms. The molecule has 0 spiro atoms. The maximum absolute atomic E-state index is 11.7. The van der Waals surface area contributed by atoms with E-state index in [-0.39, 0.29) is 15.9 Å². The number of nitrogens with one attached hydrogen (secondary N) is 2. The molecule has 1 atom stereocenters. The van der Waals surface area contributed by atoms with Gasteiger partial charge in [-0.3, -0.25) is 0 Å². The van der Waals surface area contributed by atoms with Crippen LogP contribution in [0.2, 0.25) is 0 Å². The van der Waals surface area contributed by atoms with Gasteiger partial charge in [0.05, 0.1) is 0 Å². The molecule has 1 saturated carbocycles. The Morgan fingerprint density at radius 2 is 2.12 bits per heavy atom. The number of hydrogen-bond donors (Lipinski definition) is 2. The van der Waals surface area contributed by atoms with Crippen LogP contribution in [0.5, 0.6) is 0 Å². The number of methoxy groups -OCH3 is 1. The molecular weight excluding hydrogens is 323 g/mol. The van der Waals surface area contributed by atoms with E-state index in [1.54, 1.807) is 7.11 Å². The number of esters is 1. The summed E-state index contributed by atoms with van der Waals surface area (Å²) in [4.78, 5) is 11.7. The summed E-state index contributed by atoms with van der Waals surface area (Å²) in [6, 6.07) is 0. The van der Waals surface area contributed by atoms with Gasteiger partial charge in [-0.15, -0.1) is 0 Å². The van der Waals surface area contributed by atoms with Crippen molar-refractivity contribution in [1.29, 1.82) is 0 Å². The zero-order valence-corrected chi connectivity index (χ0v) is 11.5. The molecule has 1 unspecified atom stereocenters. The molecule has 3 aliphatic rings. The third-order valence-corrected chi connectivity index (χ3v) is 8.00. The minimum absolute atomic E-state index is 0.0506. The zero-order valence-electron chi connectivity index (χ0n) is 9.29. The number of alkyl halides is 1. The fourth-order valence-electron chi connectivity index (χ4n) is 2.33. The van der Waals surface area contributed by atoms with Gasteiger partial charge in [0.2, 0.25) is 0 Å². The second-order valence-corrected chi connectivity index (χ2v) is 9.13. The van der Waals surface area contributed by atoms with E-state index in [1.807, 2.05) is 0 Å². The average Bonchev–Trinajstić information content (AvgIpc) is 2.97. The van der Waals surface area contributed by atoms with E-state index < -0.39 is 20.4 Å². The first-order valence-corrected chi connectivity index (χ1v) is 8.95. The van der Waals surface area contributed by atoms with E-state index in [9.17, 15) is 4.79 Å². The van der Waals surface area contributed by atoms with Gasteiger partial charge in [0.15, 0.2) is 0 Å².